The molecule has 10 heteroatoms. The van der Waals surface area contributed by atoms with Crippen molar-refractivity contribution in [2.45, 2.75) is 24.3 Å². The number of alkyl halides is 2. The number of nitrogens with one attached hydrogen (secondary N) is 2. The molecule has 1 amide bonds. The highest BCUT2D eigenvalue weighted by molar-refractivity contribution is 9.10. The maximum Gasteiger partial charge on any atom is 0.387 e. The normalized spacial score (nSPS) is 11.4. The first kappa shape index (κ1) is 22.3. The molecule has 28 heavy (non-hydrogen) atoms. The zero-order valence-corrected chi connectivity index (χ0v) is 17.1. The smallest absolute Gasteiger partial charge is 0.387 e. The first-order valence-corrected chi connectivity index (χ1v) is 10.6. The first-order chi connectivity index (χ1) is 13.3. The molecule has 2 N–H and O–H groups in total. The zero-order chi connectivity index (χ0) is 20.6. The summed E-state index contributed by atoms with van der Waals surface area (Å²) in [7, 11) is -3.68. The standard InChI is InChI=1S/C18H19BrF2N2O4S/c19-14-2-1-3-16(12-14)28(25,26)23-11-9-17(24)22-10-8-13-4-6-15(7-5-13)27-18(20)21/h1-7,12,18,23H,8-11H2,(H,22,24). The summed E-state index contributed by atoms with van der Waals surface area (Å²) in [5.41, 5.74) is 0.845. The van der Waals surface area contributed by atoms with E-state index in [4.69, 9.17) is 0 Å². The van der Waals surface area contributed by atoms with E-state index in [0.29, 0.717) is 17.4 Å². The van der Waals surface area contributed by atoms with E-state index < -0.39 is 16.6 Å². The zero-order valence-electron chi connectivity index (χ0n) is 14.7. The van der Waals surface area contributed by atoms with Crippen molar-refractivity contribution >= 4 is 31.9 Å². The van der Waals surface area contributed by atoms with Crippen molar-refractivity contribution < 1.29 is 26.7 Å². The van der Waals surface area contributed by atoms with Gasteiger partial charge in [-0.05, 0) is 42.3 Å². The highest BCUT2D eigenvalue weighted by Crippen LogP contribution is 2.16. The average molecular weight is 477 g/mol. The Morgan fingerprint density at radius 2 is 1.82 bits per heavy atom. The van der Waals surface area contributed by atoms with Crippen molar-refractivity contribution in [1.82, 2.24) is 10.0 Å². The van der Waals surface area contributed by atoms with Gasteiger partial charge in [0.05, 0.1) is 4.90 Å². The second kappa shape index (κ2) is 10.5. The third-order valence-electron chi connectivity index (χ3n) is 3.63. The Labute approximate surface area is 170 Å². The summed E-state index contributed by atoms with van der Waals surface area (Å²) >= 11 is 3.21. The van der Waals surface area contributed by atoms with E-state index >= 15 is 0 Å². The van der Waals surface area contributed by atoms with Crippen LogP contribution in [-0.2, 0) is 21.2 Å². The fourth-order valence-corrected chi connectivity index (χ4v) is 3.92. The molecule has 0 aliphatic carbocycles. The molecule has 0 aliphatic rings. The average Bonchev–Trinajstić information content (AvgIpc) is 2.62. The lowest BCUT2D eigenvalue weighted by atomic mass is 10.1. The van der Waals surface area contributed by atoms with Gasteiger partial charge in [-0.1, -0.05) is 34.1 Å². The number of sulfonamides is 1. The quantitative estimate of drug-likeness (QED) is 0.551. The van der Waals surface area contributed by atoms with E-state index in [-0.39, 0.29) is 29.5 Å². The molecule has 0 spiro atoms. The maximum absolute atomic E-state index is 12.1. The molecular formula is C18H19BrF2N2O4S. The molecule has 0 heterocycles. The lowest BCUT2D eigenvalue weighted by Crippen LogP contribution is -2.31. The monoisotopic (exact) mass is 476 g/mol. The van der Waals surface area contributed by atoms with Crippen LogP contribution in [0.25, 0.3) is 0 Å². The number of benzene rings is 2. The molecular weight excluding hydrogens is 458 g/mol. The van der Waals surface area contributed by atoms with E-state index in [0.717, 1.165) is 5.56 Å². The fraction of sp³-hybridized carbons (Fsp3) is 0.278. The molecule has 152 valence electrons. The number of rotatable bonds is 10. The summed E-state index contributed by atoms with van der Waals surface area (Å²) in [6, 6.07) is 12.4. The van der Waals surface area contributed by atoms with Crippen LogP contribution >= 0.6 is 15.9 Å². The topological polar surface area (TPSA) is 84.5 Å². The SMILES string of the molecule is O=C(CCNS(=O)(=O)c1cccc(Br)c1)NCCc1ccc(OC(F)F)cc1. The lowest BCUT2D eigenvalue weighted by Gasteiger charge is -2.09. The van der Waals surface area contributed by atoms with Crippen molar-refractivity contribution in [3.05, 3.63) is 58.6 Å². The number of hydrogen-bond acceptors (Lipinski definition) is 4. The maximum atomic E-state index is 12.1. The van der Waals surface area contributed by atoms with E-state index in [1.807, 2.05) is 0 Å². The van der Waals surface area contributed by atoms with Gasteiger partial charge in [-0.15, -0.1) is 0 Å². The number of hydrogen-bond donors (Lipinski definition) is 2. The molecule has 2 aromatic rings. The van der Waals surface area contributed by atoms with Gasteiger partial charge in [-0.25, -0.2) is 13.1 Å². The molecule has 0 atom stereocenters. The molecule has 6 nitrogen and oxygen atoms in total. The van der Waals surface area contributed by atoms with Gasteiger partial charge < -0.3 is 10.1 Å². The summed E-state index contributed by atoms with van der Waals surface area (Å²) in [5, 5.41) is 2.68. The Bertz CT molecular complexity index is 893. The van der Waals surface area contributed by atoms with Crippen molar-refractivity contribution in [3.8, 4) is 5.75 Å². The van der Waals surface area contributed by atoms with Gasteiger partial charge in [-0.3, -0.25) is 4.79 Å². The van der Waals surface area contributed by atoms with Crippen LogP contribution in [0.1, 0.15) is 12.0 Å². The Morgan fingerprint density at radius 1 is 1.11 bits per heavy atom. The van der Waals surface area contributed by atoms with Crippen LogP contribution in [0.3, 0.4) is 0 Å². The van der Waals surface area contributed by atoms with Crippen LogP contribution in [0, 0.1) is 0 Å². The van der Waals surface area contributed by atoms with Gasteiger partial charge in [0, 0.05) is 24.0 Å². The summed E-state index contributed by atoms with van der Waals surface area (Å²) in [5.74, 6) is -0.227. The van der Waals surface area contributed by atoms with Crippen molar-refractivity contribution in [2.24, 2.45) is 0 Å². The van der Waals surface area contributed by atoms with Crippen molar-refractivity contribution in [2.75, 3.05) is 13.1 Å². The molecule has 2 rings (SSSR count). The number of ether oxygens (including phenoxy) is 1. The van der Waals surface area contributed by atoms with E-state index in [9.17, 15) is 22.0 Å². The Morgan fingerprint density at radius 3 is 2.46 bits per heavy atom. The van der Waals surface area contributed by atoms with Crippen LogP contribution in [0.5, 0.6) is 5.75 Å². The molecule has 0 aliphatic heterocycles. The fourth-order valence-electron chi connectivity index (χ4n) is 2.29. The summed E-state index contributed by atoms with van der Waals surface area (Å²) in [6.07, 6.45) is 0.499. The van der Waals surface area contributed by atoms with Crippen LogP contribution in [-0.4, -0.2) is 34.0 Å². The number of halogens is 3. The van der Waals surface area contributed by atoms with Crippen LogP contribution < -0.4 is 14.8 Å². The van der Waals surface area contributed by atoms with Crippen LogP contribution in [0.2, 0.25) is 0 Å². The van der Waals surface area contributed by atoms with Crippen molar-refractivity contribution in [3.63, 3.8) is 0 Å². The molecule has 0 radical (unpaired) electrons. The Hall–Kier alpha value is -2.04. The minimum atomic E-state index is -3.68. The van der Waals surface area contributed by atoms with Crippen molar-refractivity contribution in [1.29, 1.82) is 0 Å². The minimum Gasteiger partial charge on any atom is -0.435 e. The number of carbonyl (C=O) groups is 1. The summed E-state index contributed by atoms with van der Waals surface area (Å²) in [4.78, 5) is 11.9. The Kier molecular flexibility index (Phi) is 8.34. The number of amides is 1. The molecule has 0 bridgehead atoms. The predicted octanol–water partition coefficient (Wildman–Crippen LogP) is 3.08. The Balaban J connectivity index is 1.70. The highest BCUT2D eigenvalue weighted by Gasteiger charge is 2.14. The van der Waals surface area contributed by atoms with Gasteiger partial charge in [0.15, 0.2) is 0 Å². The van der Waals surface area contributed by atoms with E-state index in [1.165, 1.54) is 24.3 Å². The second-order valence-corrected chi connectivity index (χ2v) is 8.41. The molecule has 0 saturated carbocycles. The molecule has 0 aromatic heterocycles. The first-order valence-electron chi connectivity index (χ1n) is 8.32. The molecule has 0 unspecified atom stereocenters. The van der Waals surface area contributed by atoms with Gasteiger partial charge >= 0.3 is 6.61 Å². The van der Waals surface area contributed by atoms with Gasteiger partial charge in [0.2, 0.25) is 15.9 Å². The predicted molar refractivity (Wildman–Crippen MR) is 104 cm³/mol. The van der Waals surface area contributed by atoms with Gasteiger partial charge in [-0.2, -0.15) is 8.78 Å². The lowest BCUT2D eigenvalue weighted by molar-refractivity contribution is -0.120. The third-order valence-corrected chi connectivity index (χ3v) is 5.59. The second-order valence-electron chi connectivity index (χ2n) is 5.73. The molecule has 2 aromatic carbocycles. The summed E-state index contributed by atoms with van der Waals surface area (Å²) in [6.45, 7) is -2.56. The molecule has 0 fully saturated rings. The van der Waals surface area contributed by atoms with Gasteiger partial charge in [0.1, 0.15) is 5.75 Å². The third kappa shape index (κ3) is 7.53. The van der Waals surface area contributed by atoms with E-state index in [2.05, 4.69) is 30.7 Å². The highest BCUT2D eigenvalue weighted by atomic mass is 79.9. The van der Waals surface area contributed by atoms with E-state index in [1.54, 1.807) is 24.3 Å². The van der Waals surface area contributed by atoms with Gasteiger partial charge in [0.25, 0.3) is 0 Å². The summed E-state index contributed by atoms with van der Waals surface area (Å²) < 4.78 is 55.7. The van der Waals surface area contributed by atoms with Crippen LogP contribution in [0.4, 0.5) is 8.78 Å². The largest absolute Gasteiger partial charge is 0.435 e. The molecule has 0 saturated heterocycles. The van der Waals surface area contributed by atoms with Crippen LogP contribution in [0.15, 0.2) is 57.9 Å². The number of carbonyl (C=O) groups excluding carboxylic acids is 1. The minimum absolute atomic E-state index is 0.00556.